The molecule has 2 aliphatic rings. The molecule has 112 valence electrons. The minimum atomic E-state index is -1.11. The fraction of sp³-hybridized carbons (Fsp3) is 0.467. The second-order valence-electron chi connectivity index (χ2n) is 5.45. The zero-order chi connectivity index (χ0) is 14.9. The van der Waals surface area contributed by atoms with E-state index in [0.29, 0.717) is 24.3 Å². The summed E-state index contributed by atoms with van der Waals surface area (Å²) in [4.78, 5) is 24.8. The van der Waals surface area contributed by atoms with Gasteiger partial charge in [0.15, 0.2) is 6.10 Å². The number of carboxylic acid groups (broad SMARTS) is 1. The zero-order valence-electron chi connectivity index (χ0n) is 11.5. The van der Waals surface area contributed by atoms with E-state index in [1.165, 1.54) is 0 Å². The highest BCUT2D eigenvalue weighted by atomic mass is 32.2. The van der Waals surface area contributed by atoms with Crippen molar-refractivity contribution < 1.29 is 19.4 Å². The van der Waals surface area contributed by atoms with Crippen molar-refractivity contribution in [1.29, 1.82) is 0 Å². The van der Waals surface area contributed by atoms with Crippen LogP contribution in [0.2, 0.25) is 0 Å². The van der Waals surface area contributed by atoms with Gasteiger partial charge in [-0.1, -0.05) is 25.0 Å². The van der Waals surface area contributed by atoms with Gasteiger partial charge >= 0.3 is 5.97 Å². The number of aliphatic carboxylic acids is 1. The number of ether oxygens (including phenoxy) is 1. The van der Waals surface area contributed by atoms with Crippen molar-refractivity contribution in [2.24, 2.45) is 0 Å². The predicted octanol–water partition coefficient (Wildman–Crippen LogP) is 2.05. The van der Waals surface area contributed by atoms with Gasteiger partial charge in [0.05, 0.1) is 0 Å². The molecule has 1 aliphatic carbocycles. The number of hydrogen-bond donors (Lipinski definition) is 2. The van der Waals surface area contributed by atoms with Crippen molar-refractivity contribution in [1.82, 2.24) is 5.32 Å². The number of carbonyl (C=O) groups excluding carboxylic acids is 1. The Morgan fingerprint density at radius 2 is 2.00 bits per heavy atom. The van der Waals surface area contributed by atoms with Crippen LogP contribution in [0, 0.1) is 0 Å². The van der Waals surface area contributed by atoms with Crippen LogP contribution in [0.3, 0.4) is 0 Å². The van der Waals surface area contributed by atoms with Crippen LogP contribution in [0.25, 0.3) is 0 Å². The summed E-state index contributed by atoms with van der Waals surface area (Å²) in [5, 5.41) is 12.1. The van der Waals surface area contributed by atoms with E-state index < -0.39 is 17.6 Å². The van der Waals surface area contributed by atoms with Crippen molar-refractivity contribution in [3.8, 4) is 5.75 Å². The third-order valence-corrected chi connectivity index (χ3v) is 5.15. The molecule has 21 heavy (non-hydrogen) atoms. The summed E-state index contributed by atoms with van der Waals surface area (Å²) < 4.78 is 5.70. The second-order valence-corrected chi connectivity index (χ2v) is 6.51. The molecule has 0 bridgehead atoms. The molecule has 2 N–H and O–H groups in total. The van der Waals surface area contributed by atoms with Crippen LogP contribution < -0.4 is 10.1 Å². The average Bonchev–Trinajstić information content (AvgIpc) is 2.96. The third kappa shape index (κ3) is 2.72. The van der Waals surface area contributed by atoms with Gasteiger partial charge in [0.25, 0.3) is 5.91 Å². The Balaban J connectivity index is 1.71. The van der Waals surface area contributed by atoms with Crippen LogP contribution in [0.5, 0.6) is 5.75 Å². The highest BCUT2D eigenvalue weighted by Crippen LogP contribution is 2.36. The quantitative estimate of drug-likeness (QED) is 0.894. The molecule has 0 spiro atoms. The van der Waals surface area contributed by atoms with Gasteiger partial charge in [-0.05, 0) is 25.0 Å². The first-order valence-corrected chi connectivity index (χ1v) is 8.03. The lowest BCUT2D eigenvalue weighted by molar-refractivity contribution is -0.148. The largest absolute Gasteiger partial charge is 0.480 e. The highest BCUT2D eigenvalue weighted by molar-refractivity contribution is 7.99. The van der Waals surface area contributed by atoms with Crippen LogP contribution >= 0.6 is 11.8 Å². The van der Waals surface area contributed by atoms with Crippen LogP contribution in [-0.2, 0) is 9.59 Å². The van der Waals surface area contributed by atoms with Gasteiger partial charge < -0.3 is 15.2 Å². The van der Waals surface area contributed by atoms with Gasteiger partial charge in [0.1, 0.15) is 11.3 Å². The molecule has 1 amide bonds. The van der Waals surface area contributed by atoms with E-state index in [9.17, 15) is 14.7 Å². The number of hydrogen-bond acceptors (Lipinski definition) is 4. The lowest BCUT2D eigenvalue weighted by atomic mass is 9.97. The molecule has 1 heterocycles. The third-order valence-electron chi connectivity index (χ3n) is 4.03. The van der Waals surface area contributed by atoms with Gasteiger partial charge in [-0.2, -0.15) is 0 Å². The lowest BCUT2D eigenvalue weighted by Gasteiger charge is -2.30. The van der Waals surface area contributed by atoms with Gasteiger partial charge in [-0.25, -0.2) is 4.79 Å². The molecular weight excluding hydrogens is 290 g/mol. The Hall–Kier alpha value is -1.69. The Labute approximate surface area is 127 Å². The van der Waals surface area contributed by atoms with E-state index in [0.717, 1.165) is 17.7 Å². The molecule has 0 saturated heterocycles. The van der Waals surface area contributed by atoms with E-state index >= 15 is 0 Å². The minimum absolute atomic E-state index is 0.332. The standard InChI is InChI=1S/C15H17NO4S/c17-13(16-15(14(18)19)7-3-4-8-15)11-9-21-12-6-2-1-5-10(12)20-11/h1-2,5-6,11H,3-4,7-9H2,(H,16,17)(H,18,19)/t11-/m0/s1. The summed E-state index contributed by atoms with van der Waals surface area (Å²) in [6, 6.07) is 7.55. The fourth-order valence-electron chi connectivity index (χ4n) is 2.84. The first-order chi connectivity index (χ1) is 10.1. The van der Waals surface area contributed by atoms with Crippen LogP contribution in [0.4, 0.5) is 0 Å². The van der Waals surface area contributed by atoms with Crippen molar-refractivity contribution in [3.63, 3.8) is 0 Å². The smallest absolute Gasteiger partial charge is 0.329 e. The van der Waals surface area contributed by atoms with Crippen LogP contribution in [0.15, 0.2) is 29.2 Å². The number of rotatable bonds is 3. The van der Waals surface area contributed by atoms with E-state index in [2.05, 4.69) is 5.32 Å². The monoisotopic (exact) mass is 307 g/mol. The minimum Gasteiger partial charge on any atom is -0.480 e. The fourth-order valence-corrected chi connectivity index (χ4v) is 3.82. The number of fused-ring (bicyclic) bond motifs is 1. The van der Waals surface area contributed by atoms with Crippen molar-refractivity contribution >= 4 is 23.6 Å². The SMILES string of the molecule is O=C(NC1(C(=O)O)CCCC1)[C@@H]1CSc2ccccc2O1. The summed E-state index contributed by atoms with van der Waals surface area (Å²) in [7, 11) is 0. The number of thioether (sulfide) groups is 1. The Bertz CT molecular complexity index is 569. The summed E-state index contributed by atoms with van der Waals surface area (Å²) in [5.74, 6) is -0.0957. The Kier molecular flexibility index (Phi) is 3.80. The Morgan fingerprint density at radius 1 is 1.29 bits per heavy atom. The van der Waals surface area contributed by atoms with Crippen molar-refractivity contribution in [2.45, 2.75) is 42.2 Å². The number of carbonyl (C=O) groups is 2. The molecular formula is C15H17NO4S. The molecule has 5 nitrogen and oxygen atoms in total. The van der Waals surface area contributed by atoms with Crippen LogP contribution in [0.1, 0.15) is 25.7 Å². The maximum atomic E-state index is 12.4. The molecule has 1 aliphatic heterocycles. The van der Waals surface area contributed by atoms with Gasteiger partial charge in [0.2, 0.25) is 0 Å². The number of benzene rings is 1. The topological polar surface area (TPSA) is 75.6 Å². The molecule has 6 heteroatoms. The molecule has 0 unspecified atom stereocenters. The van der Waals surface area contributed by atoms with E-state index in [1.807, 2.05) is 24.3 Å². The first kappa shape index (κ1) is 14.3. The molecule has 0 aromatic heterocycles. The number of carboxylic acids is 1. The maximum Gasteiger partial charge on any atom is 0.329 e. The molecule has 1 aromatic carbocycles. The molecule has 1 atom stereocenters. The molecule has 0 radical (unpaired) electrons. The molecule has 3 rings (SSSR count). The van der Waals surface area contributed by atoms with Crippen LogP contribution in [-0.4, -0.2) is 34.4 Å². The van der Waals surface area contributed by atoms with Crippen molar-refractivity contribution in [3.05, 3.63) is 24.3 Å². The summed E-state index contributed by atoms with van der Waals surface area (Å²) in [5.41, 5.74) is -1.11. The lowest BCUT2D eigenvalue weighted by Crippen LogP contribution is -2.56. The zero-order valence-corrected chi connectivity index (χ0v) is 12.3. The summed E-state index contributed by atoms with van der Waals surface area (Å²) in [6.07, 6.45) is 2.00. The van der Waals surface area contributed by atoms with E-state index in [4.69, 9.17) is 4.74 Å². The predicted molar refractivity (Wildman–Crippen MR) is 78.6 cm³/mol. The highest BCUT2D eigenvalue weighted by Gasteiger charge is 2.44. The van der Waals surface area contributed by atoms with Crippen molar-refractivity contribution in [2.75, 3.05) is 5.75 Å². The van der Waals surface area contributed by atoms with Gasteiger partial charge in [0, 0.05) is 10.6 Å². The molecule has 1 saturated carbocycles. The molecule has 1 aromatic rings. The van der Waals surface area contributed by atoms with E-state index in [1.54, 1.807) is 11.8 Å². The second kappa shape index (κ2) is 5.60. The summed E-state index contributed by atoms with van der Waals surface area (Å²) in [6.45, 7) is 0. The van der Waals surface area contributed by atoms with Gasteiger partial charge in [-0.15, -0.1) is 11.8 Å². The van der Waals surface area contributed by atoms with E-state index in [-0.39, 0.29) is 5.91 Å². The normalized spacial score (nSPS) is 23.0. The first-order valence-electron chi connectivity index (χ1n) is 7.05. The summed E-state index contributed by atoms with van der Waals surface area (Å²) >= 11 is 1.56. The number of amides is 1. The number of para-hydroxylation sites is 1. The molecule has 1 fully saturated rings. The number of nitrogens with one attached hydrogen (secondary N) is 1. The maximum absolute atomic E-state index is 12.4. The average molecular weight is 307 g/mol. The van der Waals surface area contributed by atoms with Gasteiger partial charge in [-0.3, -0.25) is 4.79 Å². The Morgan fingerprint density at radius 3 is 2.71 bits per heavy atom.